The van der Waals surface area contributed by atoms with Gasteiger partial charge < -0.3 is 9.84 Å². The first-order chi connectivity index (χ1) is 26.0. The first kappa shape index (κ1) is 37.7. The second-order valence-corrected chi connectivity index (χ2v) is 14.3. The van der Waals surface area contributed by atoms with Gasteiger partial charge in [0.25, 0.3) is 0 Å². The van der Waals surface area contributed by atoms with Crippen LogP contribution in [0.4, 0.5) is 11.4 Å². The number of hydrogen-bond acceptors (Lipinski definition) is 4. The van der Waals surface area contributed by atoms with Crippen LogP contribution in [0.15, 0.2) is 119 Å². The molecule has 0 aliphatic carbocycles. The van der Waals surface area contributed by atoms with Crippen molar-refractivity contribution in [3.8, 4) is 16.9 Å². The van der Waals surface area contributed by atoms with Crippen molar-refractivity contribution in [2.24, 2.45) is 9.98 Å². The molecule has 6 rings (SSSR count). The Balaban J connectivity index is 1.61. The first-order valence-electron chi connectivity index (χ1n) is 18.4. The minimum Gasteiger partial charge on any atom is -0.496 e. The quantitative estimate of drug-likeness (QED) is 0.152. The fourth-order valence-electron chi connectivity index (χ4n) is 7.47. The summed E-state index contributed by atoms with van der Waals surface area (Å²) in [6.45, 7) is 16.8. The highest BCUT2D eigenvalue weighted by Crippen LogP contribution is 2.39. The van der Waals surface area contributed by atoms with Gasteiger partial charge in [0.15, 0.2) is 0 Å². The van der Waals surface area contributed by atoms with E-state index in [2.05, 4.69) is 128 Å². The van der Waals surface area contributed by atoms with Crippen LogP contribution in [0.1, 0.15) is 72.3 Å². The van der Waals surface area contributed by atoms with Crippen molar-refractivity contribution in [3.63, 3.8) is 0 Å². The molecule has 0 aliphatic heterocycles. The van der Waals surface area contributed by atoms with Crippen LogP contribution in [0.3, 0.4) is 0 Å². The predicted octanol–water partition coefficient (Wildman–Crippen LogP) is 12.2. The Hall–Kier alpha value is -6.02. The van der Waals surface area contributed by atoms with Gasteiger partial charge in [-0.15, -0.1) is 0 Å². The molecule has 0 saturated heterocycles. The monoisotopic (exact) mass is 708 g/mol. The molecule has 270 valence electrons. The Labute approximate surface area is 320 Å². The van der Waals surface area contributed by atoms with E-state index in [0.29, 0.717) is 0 Å². The van der Waals surface area contributed by atoms with Gasteiger partial charge in [0, 0.05) is 5.56 Å². The molecule has 0 unspecified atom stereocenters. The fraction of sp³-hybridized carbons (Fsp3) is 0.200. The van der Waals surface area contributed by atoms with E-state index in [4.69, 9.17) is 14.7 Å². The van der Waals surface area contributed by atoms with Gasteiger partial charge in [0.05, 0.1) is 36.2 Å². The first-order valence-corrected chi connectivity index (χ1v) is 18.4. The molecule has 0 spiro atoms. The molecule has 0 fully saturated rings. The van der Waals surface area contributed by atoms with Crippen LogP contribution in [0.25, 0.3) is 22.3 Å². The Morgan fingerprint density at radius 3 is 1.39 bits per heavy atom. The molecule has 0 bridgehead atoms. The Bertz CT molecular complexity index is 2300. The summed E-state index contributed by atoms with van der Waals surface area (Å²) in [4.78, 5) is 9.82. The molecular formula is C50H48N2O2. The van der Waals surface area contributed by atoms with Gasteiger partial charge in [-0.25, -0.2) is 9.98 Å². The molecule has 6 aromatic rings. The average molecular weight is 709 g/mol. The Kier molecular flexibility index (Phi) is 11.4. The van der Waals surface area contributed by atoms with Gasteiger partial charge in [-0.1, -0.05) is 90.0 Å². The number of aliphatic imine (C=N–C) groups is 2. The summed E-state index contributed by atoms with van der Waals surface area (Å²) in [5, 5.41) is 10.7. The zero-order valence-corrected chi connectivity index (χ0v) is 32.8. The van der Waals surface area contributed by atoms with Crippen LogP contribution < -0.4 is 4.74 Å². The number of rotatable bonds is 9. The standard InChI is InChI=1S/C50H48N2O2/c1-31-22-35(5)49(36(6)23-31)44(28-51-46-16-12-10-14-33(46)3)42-26-39(18-19-41(42)30-53)40-20-21-48(54-9)43(27-40)45(29-52-47-17-13-11-15-34(47)4)50-37(7)24-32(2)25-38(50)8/h10-27,53H,30H2,1-9H3. The molecule has 4 nitrogen and oxygen atoms in total. The van der Waals surface area contributed by atoms with E-state index in [1.54, 1.807) is 7.11 Å². The number of hydrogen-bond donors (Lipinski definition) is 1. The van der Waals surface area contributed by atoms with Gasteiger partial charge in [0.1, 0.15) is 5.75 Å². The number of aliphatic hydroxyl groups excluding tert-OH is 1. The minimum absolute atomic E-state index is 0.128. The van der Waals surface area contributed by atoms with Crippen molar-refractivity contribution >= 4 is 34.3 Å². The van der Waals surface area contributed by atoms with E-state index >= 15 is 0 Å². The molecule has 0 aliphatic rings. The molecule has 0 saturated carbocycles. The SMILES string of the molecule is COc1ccc(-c2ccc(CO)c(C(=C=Nc3ccccc3C)c3c(C)cc(C)cc3C)c2)cc1C(=C=Nc1ccccc1C)c1c(C)cc(C)cc1C. The minimum atomic E-state index is -0.128. The van der Waals surface area contributed by atoms with E-state index < -0.39 is 0 Å². The van der Waals surface area contributed by atoms with Gasteiger partial charge in [-0.05, 0) is 164 Å². The molecule has 54 heavy (non-hydrogen) atoms. The number of methoxy groups -OCH3 is 1. The maximum atomic E-state index is 10.7. The van der Waals surface area contributed by atoms with Crippen LogP contribution in [0.5, 0.6) is 5.75 Å². The van der Waals surface area contributed by atoms with Crippen molar-refractivity contribution in [1.82, 2.24) is 0 Å². The van der Waals surface area contributed by atoms with Crippen molar-refractivity contribution in [2.75, 3.05) is 7.11 Å². The van der Waals surface area contributed by atoms with Crippen LogP contribution in [-0.4, -0.2) is 24.0 Å². The van der Waals surface area contributed by atoms with Crippen molar-refractivity contribution in [3.05, 3.63) is 182 Å². The largest absolute Gasteiger partial charge is 0.496 e. The lowest BCUT2D eigenvalue weighted by Gasteiger charge is -2.19. The highest BCUT2D eigenvalue weighted by molar-refractivity contribution is 6.04. The smallest absolute Gasteiger partial charge is 0.127 e. The fourth-order valence-corrected chi connectivity index (χ4v) is 7.47. The van der Waals surface area contributed by atoms with Gasteiger partial charge in [-0.3, -0.25) is 0 Å². The van der Waals surface area contributed by atoms with E-state index in [9.17, 15) is 5.11 Å². The number of aryl methyl sites for hydroxylation is 8. The molecule has 0 radical (unpaired) electrons. The van der Waals surface area contributed by atoms with E-state index in [0.717, 1.165) is 101 Å². The van der Waals surface area contributed by atoms with Crippen molar-refractivity contribution in [2.45, 2.75) is 62.0 Å². The summed E-state index contributed by atoms with van der Waals surface area (Å²) < 4.78 is 6.03. The predicted molar refractivity (Wildman–Crippen MR) is 227 cm³/mol. The third-order valence-corrected chi connectivity index (χ3v) is 10.0. The molecule has 4 heteroatoms. The summed E-state index contributed by atoms with van der Waals surface area (Å²) in [6, 6.07) is 37.4. The van der Waals surface area contributed by atoms with Gasteiger partial charge in [0.2, 0.25) is 0 Å². The molecule has 0 aromatic heterocycles. The van der Waals surface area contributed by atoms with Crippen LogP contribution in [0.2, 0.25) is 0 Å². The van der Waals surface area contributed by atoms with Gasteiger partial charge in [-0.2, -0.15) is 0 Å². The Morgan fingerprint density at radius 1 is 0.519 bits per heavy atom. The third-order valence-electron chi connectivity index (χ3n) is 10.0. The maximum Gasteiger partial charge on any atom is 0.127 e. The molecule has 0 heterocycles. The molecule has 1 N–H and O–H groups in total. The number of benzene rings is 6. The molecular weight excluding hydrogens is 661 g/mol. The highest BCUT2D eigenvalue weighted by Gasteiger charge is 2.20. The van der Waals surface area contributed by atoms with Crippen molar-refractivity contribution < 1.29 is 9.84 Å². The van der Waals surface area contributed by atoms with Gasteiger partial charge >= 0.3 is 0 Å². The molecule has 0 amide bonds. The average Bonchev–Trinajstić information content (AvgIpc) is 3.14. The van der Waals surface area contributed by atoms with E-state index in [-0.39, 0.29) is 6.61 Å². The topological polar surface area (TPSA) is 54.2 Å². The summed E-state index contributed by atoms with van der Waals surface area (Å²) in [7, 11) is 1.70. The Morgan fingerprint density at radius 2 is 0.944 bits per heavy atom. The van der Waals surface area contributed by atoms with E-state index in [1.165, 1.54) is 11.1 Å². The maximum absolute atomic E-state index is 10.7. The molecule has 6 aromatic carbocycles. The lowest BCUT2D eigenvalue weighted by Crippen LogP contribution is -2.02. The number of para-hydroxylation sites is 2. The van der Waals surface area contributed by atoms with Crippen LogP contribution in [0, 0.1) is 55.4 Å². The van der Waals surface area contributed by atoms with Crippen LogP contribution in [-0.2, 0) is 6.61 Å². The number of nitrogens with zero attached hydrogens (tertiary/aromatic N) is 2. The number of aliphatic hydroxyl groups is 1. The second-order valence-electron chi connectivity index (χ2n) is 14.3. The normalized spacial score (nSPS) is 10.7. The lowest BCUT2D eigenvalue weighted by molar-refractivity contribution is 0.281. The van der Waals surface area contributed by atoms with Crippen molar-refractivity contribution in [1.29, 1.82) is 0 Å². The second kappa shape index (κ2) is 16.3. The summed E-state index contributed by atoms with van der Waals surface area (Å²) in [5.74, 6) is 7.69. The third kappa shape index (κ3) is 7.98. The summed E-state index contributed by atoms with van der Waals surface area (Å²) in [5.41, 5.74) is 19.2. The number of ether oxygens (including phenoxy) is 1. The highest BCUT2D eigenvalue weighted by atomic mass is 16.5. The zero-order chi connectivity index (χ0) is 38.5. The summed E-state index contributed by atoms with van der Waals surface area (Å²) >= 11 is 0. The lowest BCUT2D eigenvalue weighted by atomic mass is 9.86. The summed E-state index contributed by atoms with van der Waals surface area (Å²) in [6.07, 6.45) is 0. The van der Waals surface area contributed by atoms with Crippen LogP contribution >= 0.6 is 0 Å². The van der Waals surface area contributed by atoms with E-state index in [1.807, 2.05) is 48.5 Å². The molecule has 0 atom stereocenters. The zero-order valence-electron chi connectivity index (χ0n) is 32.8.